The fraction of sp³-hybridized carbons (Fsp3) is 0.250. The van der Waals surface area contributed by atoms with Gasteiger partial charge < -0.3 is 9.26 Å². The van der Waals surface area contributed by atoms with Crippen LogP contribution in [0.5, 0.6) is 5.75 Å². The standard InChI is InChI=1S/C8H8BrN3O2/c1-13-7-3-10-12(5-7)4-6-2-8(9)11-14-6/h2-3,5H,4H2,1H3. The zero-order valence-corrected chi connectivity index (χ0v) is 9.06. The lowest BCUT2D eigenvalue weighted by Crippen LogP contribution is -1.98. The first-order valence-corrected chi connectivity index (χ1v) is 4.75. The SMILES string of the molecule is COc1cnn(Cc2cc(Br)no2)c1. The van der Waals surface area contributed by atoms with Crippen molar-refractivity contribution in [1.82, 2.24) is 14.9 Å². The molecule has 0 aliphatic rings. The summed E-state index contributed by atoms with van der Waals surface area (Å²) in [5, 5.41) is 7.79. The first kappa shape index (κ1) is 9.26. The van der Waals surface area contributed by atoms with Gasteiger partial charge in [-0.2, -0.15) is 5.10 Å². The van der Waals surface area contributed by atoms with Gasteiger partial charge in [-0.15, -0.1) is 0 Å². The molecule has 0 radical (unpaired) electrons. The van der Waals surface area contributed by atoms with E-state index in [0.717, 1.165) is 11.5 Å². The second kappa shape index (κ2) is 3.83. The number of aromatic nitrogens is 3. The molecule has 5 nitrogen and oxygen atoms in total. The second-order valence-electron chi connectivity index (χ2n) is 2.69. The van der Waals surface area contributed by atoms with E-state index in [2.05, 4.69) is 26.2 Å². The normalized spacial score (nSPS) is 10.4. The van der Waals surface area contributed by atoms with Crippen molar-refractivity contribution in [3.05, 3.63) is 28.8 Å². The topological polar surface area (TPSA) is 53.1 Å². The van der Waals surface area contributed by atoms with Crippen molar-refractivity contribution >= 4 is 15.9 Å². The Morgan fingerprint density at radius 1 is 1.64 bits per heavy atom. The summed E-state index contributed by atoms with van der Waals surface area (Å²) in [5.74, 6) is 1.46. The molecule has 0 aliphatic carbocycles. The highest BCUT2D eigenvalue weighted by atomic mass is 79.9. The van der Waals surface area contributed by atoms with Crippen LogP contribution >= 0.6 is 15.9 Å². The summed E-state index contributed by atoms with van der Waals surface area (Å²) in [5.41, 5.74) is 0. The maximum atomic E-state index is 5.01. The van der Waals surface area contributed by atoms with Crippen molar-refractivity contribution < 1.29 is 9.26 Å². The molecule has 2 rings (SSSR count). The van der Waals surface area contributed by atoms with E-state index in [1.54, 1.807) is 30.3 Å². The first-order chi connectivity index (χ1) is 6.78. The number of rotatable bonds is 3. The maximum Gasteiger partial charge on any atom is 0.159 e. The number of hydrogen-bond acceptors (Lipinski definition) is 4. The first-order valence-electron chi connectivity index (χ1n) is 3.95. The quantitative estimate of drug-likeness (QED) is 0.840. The van der Waals surface area contributed by atoms with E-state index in [1.807, 2.05) is 0 Å². The second-order valence-corrected chi connectivity index (χ2v) is 3.51. The molecule has 0 unspecified atom stereocenters. The van der Waals surface area contributed by atoms with Gasteiger partial charge >= 0.3 is 0 Å². The Bertz CT molecular complexity index is 424. The number of halogens is 1. The Labute approximate surface area is 88.8 Å². The predicted octanol–water partition coefficient (Wildman–Crippen LogP) is 1.69. The summed E-state index contributed by atoms with van der Waals surface area (Å²) in [6.07, 6.45) is 3.43. The smallest absolute Gasteiger partial charge is 0.159 e. The molecule has 0 aromatic carbocycles. The maximum absolute atomic E-state index is 5.01. The van der Waals surface area contributed by atoms with Crippen molar-refractivity contribution in [2.45, 2.75) is 6.54 Å². The number of methoxy groups -OCH3 is 1. The molecular formula is C8H8BrN3O2. The van der Waals surface area contributed by atoms with E-state index in [-0.39, 0.29) is 0 Å². The van der Waals surface area contributed by atoms with Crippen LogP contribution in [0.3, 0.4) is 0 Å². The molecule has 0 saturated heterocycles. The Morgan fingerprint density at radius 2 is 2.50 bits per heavy atom. The minimum atomic E-state index is 0.544. The molecule has 2 aromatic heterocycles. The Hall–Kier alpha value is -1.30. The van der Waals surface area contributed by atoms with Crippen LogP contribution in [0.4, 0.5) is 0 Å². The highest BCUT2D eigenvalue weighted by Crippen LogP contribution is 2.12. The zero-order valence-electron chi connectivity index (χ0n) is 7.48. The van der Waals surface area contributed by atoms with E-state index in [4.69, 9.17) is 9.26 Å². The van der Waals surface area contributed by atoms with E-state index >= 15 is 0 Å². The number of hydrogen-bond donors (Lipinski definition) is 0. The van der Waals surface area contributed by atoms with Crippen LogP contribution in [0.2, 0.25) is 0 Å². The van der Waals surface area contributed by atoms with Gasteiger partial charge in [0.2, 0.25) is 0 Å². The minimum Gasteiger partial charge on any atom is -0.493 e. The summed E-state index contributed by atoms with van der Waals surface area (Å²) in [6, 6.07) is 1.80. The van der Waals surface area contributed by atoms with Crippen molar-refractivity contribution in [2.75, 3.05) is 7.11 Å². The third-order valence-electron chi connectivity index (χ3n) is 1.69. The molecule has 0 atom stereocenters. The molecule has 0 aliphatic heterocycles. The van der Waals surface area contributed by atoms with Crippen molar-refractivity contribution in [2.24, 2.45) is 0 Å². The van der Waals surface area contributed by atoms with Crippen LogP contribution in [-0.4, -0.2) is 22.0 Å². The van der Waals surface area contributed by atoms with Gasteiger partial charge in [-0.1, -0.05) is 5.16 Å². The summed E-state index contributed by atoms with van der Waals surface area (Å²) in [7, 11) is 1.60. The molecule has 0 N–H and O–H groups in total. The van der Waals surface area contributed by atoms with Crippen LogP contribution in [0, 0.1) is 0 Å². The van der Waals surface area contributed by atoms with Gasteiger partial charge in [0.05, 0.1) is 19.5 Å². The molecule has 74 valence electrons. The lowest BCUT2D eigenvalue weighted by atomic mass is 10.4. The molecule has 2 aromatic rings. The van der Waals surface area contributed by atoms with Gasteiger partial charge in [0, 0.05) is 6.07 Å². The van der Waals surface area contributed by atoms with Crippen LogP contribution in [0.25, 0.3) is 0 Å². The number of nitrogens with zero attached hydrogens (tertiary/aromatic N) is 3. The average molecular weight is 258 g/mol. The Kier molecular flexibility index (Phi) is 2.53. The highest BCUT2D eigenvalue weighted by molar-refractivity contribution is 9.10. The van der Waals surface area contributed by atoms with E-state index in [1.165, 1.54) is 0 Å². The van der Waals surface area contributed by atoms with Gasteiger partial charge in [0.25, 0.3) is 0 Å². The lowest BCUT2D eigenvalue weighted by Gasteiger charge is -1.94. The van der Waals surface area contributed by atoms with Gasteiger partial charge in [-0.25, -0.2) is 0 Å². The summed E-state index contributed by atoms with van der Waals surface area (Å²) < 4.78 is 12.4. The summed E-state index contributed by atoms with van der Waals surface area (Å²) >= 11 is 3.21. The van der Waals surface area contributed by atoms with Crippen LogP contribution < -0.4 is 4.74 Å². The van der Waals surface area contributed by atoms with Crippen LogP contribution in [-0.2, 0) is 6.54 Å². The number of ether oxygens (including phenoxy) is 1. The van der Waals surface area contributed by atoms with Crippen molar-refractivity contribution in [3.8, 4) is 5.75 Å². The third-order valence-corrected chi connectivity index (χ3v) is 2.07. The molecule has 0 bridgehead atoms. The third kappa shape index (κ3) is 1.95. The van der Waals surface area contributed by atoms with Crippen molar-refractivity contribution in [3.63, 3.8) is 0 Å². The fourth-order valence-corrected chi connectivity index (χ4v) is 1.39. The summed E-state index contributed by atoms with van der Waals surface area (Å²) in [4.78, 5) is 0. The predicted molar refractivity (Wildman–Crippen MR) is 52.1 cm³/mol. The van der Waals surface area contributed by atoms with Gasteiger partial charge in [-0.05, 0) is 15.9 Å². The Morgan fingerprint density at radius 3 is 3.07 bits per heavy atom. The molecule has 14 heavy (non-hydrogen) atoms. The van der Waals surface area contributed by atoms with Crippen LogP contribution in [0.1, 0.15) is 5.76 Å². The molecule has 0 amide bonds. The Balaban J connectivity index is 2.10. The molecule has 2 heterocycles. The van der Waals surface area contributed by atoms with Gasteiger partial charge in [-0.3, -0.25) is 4.68 Å². The van der Waals surface area contributed by atoms with Crippen molar-refractivity contribution in [1.29, 1.82) is 0 Å². The molecule has 6 heteroatoms. The van der Waals surface area contributed by atoms with E-state index in [0.29, 0.717) is 11.1 Å². The average Bonchev–Trinajstić information content (AvgIpc) is 2.76. The molecular weight excluding hydrogens is 250 g/mol. The summed E-state index contributed by atoms with van der Waals surface area (Å²) in [6.45, 7) is 0.544. The molecule has 0 fully saturated rings. The van der Waals surface area contributed by atoms with Gasteiger partial charge in [0.15, 0.2) is 11.5 Å². The molecule has 0 saturated carbocycles. The fourth-order valence-electron chi connectivity index (χ4n) is 1.06. The zero-order chi connectivity index (χ0) is 9.97. The van der Waals surface area contributed by atoms with Crippen LogP contribution in [0.15, 0.2) is 27.6 Å². The minimum absolute atomic E-state index is 0.544. The largest absolute Gasteiger partial charge is 0.493 e. The highest BCUT2D eigenvalue weighted by Gasteiger charge is 2.04. The monoisotopic (exact) mass is 257 g/mol. The van der Waals surface area contributed by atoms with E-state index in [9.17, 15) is 0 Å². The lowest BCUT2D eigenvalue weighted by molar-refractivity contribution is 0.368. The van der Waals surface area contributed by atoms with E-state index < -0.39 is 0 Å². The van der Waals surface area contributed by atoms with Gasteiger partial charge in [0.1, 0.15) is 11.1 Å². The molecule has 0 spiro atoms.